The van der Waals surface area contributed by atoms with Gasteiger partial charge in [0.2, 0.25) is 0 Å². The summed E-state index contributed by atoms with van der Waals surface area (Å²) in [6, 6.07) is 17.3. The molecular formula is C28H30FNO4. The van der Waals surface area contributed by atoms with Crippen molar-refractivity contribution in [2.24, 2.45) is 0 Å². The number of carbonyl (C=O) groups is 1. The van der Waals surface area contributed by atoms with Crippen LogP contribution in [0.2, 0.25) is 0 Å². The first kappa shape index (κ1) is 23.6. The van der Waals surface area contributed by atoms with Crippen LogP contribution >= 0.6 is 0 Å². The Morgan fingerprint density at radius 3 is 2.38 bits per heavy atom. The van der Waals surface area contributed by atoms with Crippen molar-refractivity contribution in [3.05, 3.63) is 88.7 Å². The summed E-state index contributed by atoms with van der Waals surface area (Å²) < 4.78 is 31.0. The zero-order valence-corrected chi connectivity index (χ0v) is 20.0. The van der Waals surface area contributed by atoms with Gasteiger partial charge in [-0.05, 0) is 71.5 Å². The van der Waals surface area contributed by atoms with Crippen LogP contribution in [0.3, 0.4) is 0 Å². The van der Waals surface area contributed by atoms with Gasteiger partial charge in [0.15, 0.2) is 11.5 Å². The largest absolute Gasteiger partial charge is 0.493 e. The van der Waals surface area contributed by atoms with E-state index in [0.29, 0.717) is 35.9 Å². The smallest absolute Gasteiger partial charge is 0.254 e. The summed E-state index contributed by atoms with van der Waals surface area (Å²) in [4.78, 5) is 15.2. The van der Waals surface area contributed by atoms with Crippen LogP contribution in [0.25, 0.3) is 0 Å². The maximum Gasteiger partial charge on any atom is 0.254 e. The molecule has 0 saturated carbocycles. The summed E-state index contributed by atoms with van der Waals surface area (Å²) in [5.74, 6) is 1.73. The molecule has 0 saturated heterocycles. The van der Waals surface area contributed by atoms with E-state index in [1.54, 1.807) is 31.3 Å². The Kier molecular flexibility index (Phi) is 7.06. The van der Waals surface area contributed by atoms with Gasteiger partial charge in [-0.3, -0.25) is 4.79 Å². The van der Waals surface area contributed by atoms with Crippen molar-refractivity contribution in [3.8, 4) is 17.2 Å². The van der Waals surface area contributed by atoms with Crippen LogP contribution in [0, 0.1) is 5.82 Å². The number of halogens is 1. The number of methoxy groups -OCH3 is 2. The van der Waals surface area contributed by atoms with Crippen molar-refractivity contribution >= 4 is 5.91 Å². The predicted octanol–water partition coefficient (Wildman–Crippen LogP) is 5.78. The van der Waals surface area contributed by atoms with E-state index in [2.05, 4.69) is 26.0 Å². The maximum atomic E-state index is 13.8. The monoisotopic (exact) mass is 463 g/mol. The lowest BCUT2D eigenvalue weighted by atomic mass is 9.91. The molecule has 0 aliphatic carbocycles. The Hall–Kier alpha value is -3.54. The van der Waals surface area contributed by atoms with E-state index in [1.165, 1.54) is 17.7 Å². The summed E-state index contributed by atoms with van der Waals surface area (Å²) >= 11 is 0. The molecule has 6 heteroatoms. The number of rotatable bonds is 7. The number of hydrogen-bond donors (Lipinski definition) is 0. The predicted molar refractivity (Wildman–Crippen MR) is 129 cm³/mol. The Balaban J connectivity index is 1.68. The second-order valence-corrected chi connectivity index (χ2v) is 8.72. The second-order valence-electron chi connectivity index (χ2n) is 8.72. The highest BCUT2D eigenvalue weighted by molar-refractivity contribution is 5.94. The van der Waals surface area contributed by atoms with E-state index >= 15 is 0 Å². The van der Waals surface area contributed by atoms with E-state index in [0.717, 1.165) is 16.9 Å². The fourth-order valence-corrected chi connectivity index (χ4v) is 4.36. The molecule has 178 valence electrons. The molecular weight excluding hydrogens is 433 g/mol. The normalized spacial score (nSPS) is 15.1. The molecule has 3 aromatic rings. The fourth-order valence-electron chi connectivity index (χ4n) is 4.36. The van der Waals surface area contributed by atoms with Crippen molar-refractivity contribution in [2.75, 3.05) is 27.4 Å². The van der Waals surface area contributed by atoms with E-state index in [1.807, 2.05) is 24.3 Å². The highest BCUT2D eigenvalue weighted by atomic mass is 19.1. The molecule has 1 atom stereocenters. The third-order valence-electron chi connectivity index (χ3n) is 6.29. The molecule has 4 rings (SSSR count). The zero-order valence-electron chi connectivity index (χ0n) is 20.0. The van der Waals surface area contributed by atoms with Crippen LogP contribution in [0.5, 0.6) is 17.2 Å². The van der Waals surface area contributed by atoms with Crippen LogP contribution in [-0.2, 0) is 6.42 Å². The second kappa shape index (κ2) is 10.2. The van der Waals surface area contributed by atoms with E-state index in [9.17, 15) is 9.18 Å². The Morgan fingerprint density at radius 1 is 1.03 bits per heavy atom. The lowest BCUT2D eigenvalue weighted by Crippen LogP contribution is -2.42. The van der Waals surface area contributed by atoms with Crippen molar-refractivity contribution in [3.63, 3.8) is 0 Å². The van der Waals surface area contributed by atoms with Crippen molar-refractivity contribution in [2.45, 2.75) is 32.2 Å². The van der Waals surface area contributed by atoms with Gasteiger partial charge in [-0.2, -0.15) is 0 Å². The molecule has 1 aliphatic heterocycles. The van der Waals surface area contributed by atoms with Crippen LogP contribution in [0.1, 0.15) is 52.9 Å². The molecule has 0 spiro atoms. The standard InChI is InChI=1S/C28H30FNO4/c1-18(2)19-8-10-23(11-9-19)34-17-25-24-16-27(33-4)26(32-3)15-20(24)12-13-30(25)28(31)21-6-5-7-22(29)14-21/h5-11,14-16,18,25H,12-13,17H2,1-4H3. The molecule has 0 aromatic heterocycles. The SMILES string of the molecule is COc1cc2c(cc1OC)C(COc1ccc(C(C)C)cc1)N(C(=O)c1cccc(F)c1)CC2. The van der Waals surface area contributed by atoms with Gasteiger partial charge in [-0.15, -0.1) is 0 Å². The topological polar surface area (TPSA) is 48.0 Å². The van der Waals surface area contributed by atoms with Crippen molar-refractivity contribution in [1.82, 2.24) is 4.90 Å². The van der Waals surface area contributed by atoms with Gasteiger partial charge in [0.25, 0.3) is 5.91 Å². The molecule has 34 heavy (non-hydrogen) atoms. The summed E-state index contributed by atoms with van der Waals surface area (Å²) in [5.41, 5.74) is 3.56. The maximum absolute atomic E-state index is 13.8. The van der Waals surface area contributed by atoms with Gasteiger partial charge in [-0.25, -0.2) is 4.39 Å². The number of nitrogens with zero attached hydrogens (tertiary/aromatic N) is 1. The number of benzene rings is 3. The molecule has 3 aromatic carbocycles. The van der Waals surface area contributed by atoms with Gasteiger partial charge in [-0.1, -0.05) is 32.0 Å². The minimum absolute atomic E-state index is 0.233. The van der Waals surface area contributed by atoms with Crippen molar-refractivity contribution < 1.29 is 23.4 Å². The summed E-state index contributed by atoms with van der Waals surface area (Å²) in [6.45, 7) is 5.03. The van der Waals surface area contributed by atoms with Crippen LogP contribution in [-0.4, -0.2) is 38.2 Å². The molecule has 0 fully saturated rings. The summed E-state index contributed by atoms with van der Waals surface area (Å²) in [7, 11) is 3.19. The van der Waals surface area contributed by atoms with Gasteiger partial charge in [0.1, 0.15) is 18.2 Å². The first-order valence-corrected chi connectivity index (χ1v) is 11.4. The third kappa shape index (κ3) is 4.86. The van der Waals surface area contributed by atoms with Gasteiger partial charge < -0.3 is 19.1 Å². The quantitative estimate of drug-likeness (QED) is 0.445. The van der Waals surface area contributed by atoms with Gasteiger partial charge >= 0.3 is 0 Å². The van der Waals surface area contributed by atoms with Crippen molar-refractivity contribution in [1.29, 1.82) is 0 Å². The Labute approximate surface area is 200 Å². The number of hydrogen-bond acceptors (Lipinski definition) is 4. The molecule has 0 N–H and O–H groups in total. The molecule has 1 unspecified atom stereocenters. The average molecular weight is 464 g/mol. The van der Waals surface area contributed by atoms with E-state index < -0.39 is 5.82 Å². The minimum Gasteiger partial charge on any atom is -0.493 e. The first-order valence-electron chi connectivity index (χ1n) is 11.4. The minimum atomic E-state index is -0.437. The first-order chi connectivity index (χ1) is 16.4. The molecule has 5 nitrogen and oxygen atoms in total. The summed E-state index contributed by atoms with van der Waals surface area (Å²) in [5, 5.41) is 0. The van der Waals surface area contributed by atoms with Gasteiger partial charge in [0.05, 0.1) is 20.3 Å². The number of amides is 1. The molecule has 0 bridgehead atoms. The van der Waals surface area contributed by atoms with Crippen LogP contribution in [0.15, 0.2) is 60.7 Å². The van der Waals surface area contributed by atoms with E-state index in [4.69, 9.17) is 14.2 Å². The average Bonchev–Trinajstić information content (AvgIpc) is 2.86. The molecule has 1 aliphatic rings. The summed E-state index contributed by atoms with van der Waals surface area (Å²) in [6.07, 6.45) is 0.649. The number of ether oxygens (including phenoxy) is 3. The van der Waals surface area contributed by atoms with E-state index in [-0.39, 0.29) is 18.6 Å². The van der Waals surface area contributed by atoms with Gasteiger partial charge in [0, 0.05) is 12.1 Å². The molecule has 1 amide bonds. The lowest BCUT2D eigenvalue weighted by Gasteiger charge is -2.37. The molecule has 0 radical (unpaired) electrons. The number of carbonyl (C=O) groups excluding carboxylic acids is 1. The zero-order chi connectivity index (χ0) is 24.2. The van der Waals surface area contributed by atoms with Crippen LogP contribution in [0.4, 0.5) is 4.39 Å². The number of fused-ring (bicyclic) bond motifs is 1. The third-order valence-corrected chi connectivity index (χ3v) is 6.29. The van der Waals surface area contributed by atoms with Crippen LogP contribution < -0.4 is 14.2 Å². The molecule has 1 heterocycles. The Bertz CT molecular complexity index is 1160. The fraction of sp³-hybridized carbons (Fsp3) is 0.321. The highest BCUT2D eigenvalue weighted by Gasteiger charge is 2.33. The lowest BCUT2D eigenvalue weighted by molar-refractivity contribution is 0.0589. The Morgan fingerprint density at radius 2 is 1.74 bits per heavy atom. The highest BCUT2D eigenvalue weighted by Crippen LogP contribution is 2.39.